The van der Waals surface area contributed by atoms with Crippen molar-refractivity contribution >= 4 is 5.91 Å². The summed E-state index contributed by atoms with van der Waals surface area (Å²) in [5, 5.41) is 0. The summed E-state index contributed by atoms with van der Waals surface area (Å²) in [6, 6.07) is 0.520. The number of rotatable bonds is 2. The molecular weight excluding hydrogens is 174 g/mol. The second-order valence-corrected chi connectivity index (χ2v) is 5.61. The number of nitrogens with zero attached hydrogens (tertiary/aromatic N) is 1. The molecule has 0 N–H and O–H groups in total. The van der Waals surface area contributed by atoms with Crippen LogP contribution < -0.4 is 0 Å². The van der Waals surface area contributed by atoms with Gasteiger partial charge in [-0.3, -0.25) is 4.79 Å². The Morgan fingerprint density at radius 3 is 2.57 bits per heavy atom. The number of carbonyl (C=O) groups excluding carboxylic acids is 1. The summed E-state index contributed by atoms with van der Waals surface area (Å²) in [6.45, 7) is 9.46. The van der Waals surface area contributed by atoms with Gasteiger partial charge in [0.25, 0.3) is 0 Å². The molecule has 14 heavy (non-hydrogen) atoms. The van der Waals surface area contributed by atoms with Crippen LogP contribution in [0.5, 0.6) is 0 Å². The monoisotopic (exact) mass is 197 g/mol. The fourth-order valence-electron chi connectivity index (χ4n) is 2.15. The molecule has 1 saturated heterocycles. The average molecular weight is 197 g/mol. The van der Waals surface area contributed by atoms with E-state index < -0.39 is 0 Å². The molecule has 0 unspecified atom stereocenters. The Balaban J connectivity index is 2.40. The molecule has 2 heteroatoms. The third-order valence-corrected chi connectivity index (χ3v) is 3.01. The first-order valence-electron chi connectivity index (χ1n) is 5.67. The van der Waals surface area contributed by atoms with Crippen LogP contribution in [-0.4, -0.2) is 23.4 Å². The number of hydrogen-bond donors (Lipinski definition) is 0. The minimum absolute atomic E-state index is 0.251. The second-order valence-electron chi connectivity index (χ2n) is 5.61. The molecule has 0 aromatic heterocycles. The lowest BCUT2D eigenvalue weighted by atomic mass is 9.88. The average Bonchev–Trinajstić information content (AvgIpc) is 2.46. The van der Waals surface area contributed by atoms with E-state index in [1.54, 1.807) is 6.92 Å². The molecule has 0 aliphatic carbocycles. The predicted octanol–water partition coefficient (Wildman–Crippen LogP) is 2.82. The van der Waals surface area contributed by atoms with Crippen LogP contribution in [0.15, 0.2) is 0 Å². The molecule has 2 nitrogen and oxygen atoms in total. The highest BCUT2D eigenvalue weighted by Crippen LogP contribution is 2.27. The summed E-state index contributed by atoms with van der Waals surface area (Å²) >= 11 is 0. The van der Waals surface area contributed by atoms with Crippen LogP contribution in [0.4, 0.5) is 0 Å². The maximum absolute atomic E-state index is 11.3. The van der Waals surface area contributed by atoms with Crippen LogP contribution in [0.1, 0.15) is 53.4 Å². The third-order valence-electron chi connectivity index (χ3n) is 3.01. The number of amides is 1. The number of likely N-dealkylation sites (tertiary alicyclic amines) is 1. The van der Waals surface area contributed by atoms with Crippen molar-refractivity contribution < 1.29 is 4.79 Å². The zero-order valence-electron chi connectivity index (χ0n) is 9.97. The van der Waals surface area contributed by atoms with Crippen LogP contribution >= 0.6 is 0 Å². The highest BCUT2D eigenvalue weighted by molar-refractivity contribution is 5.73. The smallest absolute Gasteiger partial charge is 0.219 e. The van der Waals surface area contributed by atoms with E-state index in [1.165, 1.54) is 25.7 Å². The molecule has 0 spiro atoms. The molecule has 0 bridgehead atoms. The Bertz CT molecular complexity index is 205. The molecule has 1 amide bonds. The van der Waals surface area contributed by atoms with Crippen molar-refractivity contribution in [3.8, 4) is 0 Å². The lowest BCUT2D eigenvalue weighted by Crippen LogP contribution is -2.34. The van der Waals surface area contributed by atoms with Crippen molar-refractivity contribution in [2.24, 2.45) is 5.41 Å². The highest BCUT2D eigenvalue weighted by Gasteiger charge is 2.27. The van der Waals surface area contributed by atoms with Gasteiger partial charge in [-0.1, -0.05) is 20.8 Å². The summed E-state index contributed by atoms with van der Waals surface area (Å²) in [7, 11) is 0. The van der Waals surface area contributed by atoms with Crippen molar-refractivity contribution in [3.05, 3.63) is 0 Å². The Hall–Kier alpha value is -0.530. The first-order valence-corrected chi connectivity index (χ1v) is 5.67. The minimum atomic E-state index is 0.251. The van der Waals surface area contributed by atoms with Crippen molar-refractivity contribution in [2.75, 3.05) is 6.54 Å². The lowest BCUT2D eigenvalue weighted by molar-refractivity contribution is -0.129. The summed E-state index contributed by atoms with van der Waals surface area (Å²) < 4.78 is 0. The van der Waals surface area contributed by atoms with Gasteiger partial charge in [0.1, 0.15) is 0 Å². The van der Waals surface area contributed by atoms with Gasteiger partial charge in [-0.05, 0) is 31.1 Å². The largest absolute Gasteiger partial charge is 0.340 e. The molecule has 1 atom stereocenters. The van der Waals surface area contributed by atoms with Crippen molar-refractivity contribution in [2.45, 2.75) is 59.4 Å². The van der Waals surface area contributed by atoms with Gasteiger partial charge in [0, 0.05) is 19.5 Å². The molecule has 0 radical (unpaired) electrons. The van der Waals surface area contributed by atoms with Crippen molar-refractivity contribution in [1.29, 1.82) is 0 Å². The Labute approximate surface area is 87.7 Å². The predicted molar refractivity (Wildman–Crippen MR) is 59.1 cm³/mol. The molecule has 0 aromatic carbocycles. The van der Waals surface area contributed by atoms with Gasteiger partial charge in [-0.25, -0.2) is 0 Å². The van der Waals surface area contributed by atoms with E-state index >= 15 is 0 Å². The topological polar surface area (TPSA) is 20.3 Å². The molecule has 82 valence electrons. The SMILES string of the molecule is CC(=O)N1CCC[C@H]1CCC(C)(C)C. The first-order chi connectivity index (χ1) is 6.40. The van der Waals surface area contributed by atoms with Crippen LogP contribution in [0.25, 0.3) is 0 Å². The van der Waals surface area contributed by atoms with E-state index in [1.807, 2.05) is 4.90 Å². The van der Waals surface area contributed by atoms with Gasteiger partial charge in [0.2, 0.25) is 5.91 Å². The maximum atomic E-state index is 11.3. The van der Waals surface area contributed by atoms with Crippen LogP contribution in [0.3, 0.4) is 0 Å². The van der Waals surface area contributed by atoms with Crippen LogP contribution in [0, 0.1) is 5.41 Å². The standard InChI is InChI=1S/C12H23NO/c1-10(14)13-9-5-6-11(13)7-8-12(2,3)4/h11H,5-9H2,1-4H3/t11-/m0/s1. The van der Waals surface area contributed by atoms with Gasteiger partial charge < -0.3 is 4.90 Å². The zero-order chi connectivity index (χ0) is 10.8. The van der Waals surface area contributed by atoms with E-state index in [2.05, 4.69) is 20.8 Å². The highest BCUT2D eigenvalue weighted by atomic mass is 16.2. The van der Waals surface area contributed by atoms with Gasteiger partial charge in [0.15, 0.2) is 0 Å². The third kappa shape index (κ3) is 3.32. The number of carbonyl (C=O) groups is 1. The normalized spacial score (nSPS) is 22.9. The van der Waals surface area contributed by atoms with E-state index in [-0.39, 0.29) is 5.91 Å². The fourth-order valence-corrected chi connectivity index (χ4v) is 2.15. The van der Waals surface area contributed by atoms with E-state index in [0.717, 1.165) is 6.54 Å². The van der Waals surface area contributed by atoms with Crippen LogP contribution in [0.2, 0.25) is 0 Å². The molecule has 1 aliphatic heterocycles. The fraction of sp³-hybridized carbons (Fsp3) is 0.917. The van der Waals surface area contributed by atoms with E-state index in [9.17, 15) is 4.79 Å². The summed E-state index contributed by atoms with van der Waals surface area (Å²) in [5.41, 5.74) is 0.394. The summed E-state index contributed by atoms with van der Waals surface area (Å²) in [4.78, 5) is 13.4. The quantitative estimate of drug-likeness (QED) is 0.666. The molecule has 0 aromatic rings. The Morgan fingerprint density at radius 1 is 1.43 bits per heavy atom. The maximum Gasteiger partial charge on any atom is 0.219 e. The molecule has 0 saturated carbocycles. The zero-order valence-corrected chi connectivity index (χ0v) is 9.97. The van der Waals surface area contributed by atoms with Gasteiger partial charge in [0.05, 0.1) is 0 Å². The number of hydrogen-bond acceptors (Lipinski definition) is 1. The molecule has 1 fully saturated rings. The van der Waals surface area contributed by atoms with Crippen molar-refractivity contribution in [1.82, 2.24) is 4.90 Å². The van der Waals surface area contributed by atoms with Gasteiger partial charge >= 0.3 is 0 Å². The van der Waals surface area contributed by atoms with E-state index in [0.29, 0.717) is 11.5 Å². The molecule has 1 heterocycles. The van der Waals surface area contributed by atoms with Gasteiger partial charge in [-0.2, -0.15) is 0 Å². The summed E-state index contributed by atoms with van der Waals surface area (Å²) in [6.07, 6.45) is 4.77. The lowest BCUT2D eigenvalue weighted by Gasteiger charge is -2.26. The molecular formula is C12H23NO. The van der Waals surface area contributed by atoms with Crippen LogP contribution in [-0.2, 0) is 4.79 Å². The Kier molecular flexibility index (Phi) is 3.57. The second kappa shape index (κ2) is 4.33. The summed E-state index contributed by atoms with van der Waals surface area (Å²) in [5.74, 6) is 0.251. The molecule has 1 aliphatic rings. The van der Waals surface area contributed by atoms with Crippen molar-refractivity contribution in [3.63, 3.8) is 0 Å². The Morgan fingerprint density at radius 2 is 2.07 bits per heavy atom. The first kappa shape index (κ1) is 11.5. The van der Waals surface area contributed by atoms with Gasteiger partial charge in [-0.15, -0.1) is 0 Å². The minimum Gasteiger partial charge on any atom is -0.340 e. The van der Waals surface area contributed by atoms with E-state index in [4.69, 9.17) is 0 Å². The molecule has 1 rings (SSSR count).